The lowest BCUT2D eigenvalue weighted by Crippen LogP contribution is -2.29. The van der Waals surface area contributed by atoms with Gasteiger partial charge in [-0.05, 0) is 12.1 Å². The summed E-state index contributed by atoms with van der Waals surface area (Å²) < 4.78 is 35.5. The molecule has 0 aliphatic heterocycles. The van der Waals surface area contributed by atoms with Gasteiger partial charge in [0.25, 0.3) is 0 Å². The molecule has 1 rings (SSSR count). The van der Waals surface area contributed by atoms with Gasteiger partial charge in [0, 0.05) is 11.3 Å². The molecule has 80 valence electrons. The summed E-state index contributed by atoms with van der Waals surface area (Å²) in [4.78, 5) is 20.8. The SMILES string of the molecule is O=Cc1cccc(NC(=O)C(F)(F)F)c1. The minimum atomic E-state index is -4.93. The van der Waals surface area contributed by atoms with E-state index in [1.807, 2.05) is 0 Å². The molecule has 0 aliphatic rings. The van der Waals surface area contributed by atoms with E-state index in [9.17, 15) is 22.8 Å². The Labute approximate surface area is 82.9 Å². The van der Waals surface area contributed by atoms with Crippen LogP contribution in [0.25, 0.3) is 0 Å². The van der Waals surface area contributed by atoms with Crippen LogP contribution in [0.4, 0.5) is 18.9 Å². The minimum Gasteiger partial charge on any atom is -0.318 e. The molecule has 0 atom stereocenters. The Balaban J connectivity index is 2.81. The van der Waals surface area contributed by atoms with Crippen molar-refractivity contribution in [3.8, 4) is 0 Å². The lowest BCUT2D eigenvalue weighted by molar-refractivity contribution is -0.167. The number of anilines is 1. The van der Waals surface area contributed by atoms with Crippen LogP contribution in [0.2, 0.25) is 0 Å². The molecule has 1 aromatic carbocycles. The van der Waals surface area contributed by atoms with Crippen LogP contribution in [-0.4, -0.2) is 18.4 Å². The smallest absolute Gasteiger partial charge is 0.318 e. The number of hydrogen-bond donors (Lipinski definition) is 1. The van der Waals surface area contributed by atoms with Crippen molar-refractivity contribution in [1.82, 2.24) is 0 Å². The Hall–Kier alpha value is -1.85. The fraction of sp³-hybridized carbons (Fsp3) is 0.111. The second-order valence-corrected chi connectivity index (χ2v) is 2.70. The zero-order chi connectivity index (χ0) is 11.5. The third kappa shape index (κ3) is 3.08. The van der Waals surface area contributed by atoms with Crippen molar-refractivity contribution in [2.45, 2.75) is 6.18 Å². The van der Waals surface area contributed by atoms with E-state index in [1.165, 1.54) is 18.2 Å². The highest BCUT2D eigenvalue weighted by molar-refractivity contribution is 5.95. The predicted octanol–water partition coefficient (Wildman–Crippen LogP) is 2.00. The van der Waals surface area contributed by atoms with Crippen LogP contribution >= 0.6 is 0 Å². The Morgan fingerprint density at radius 3 is 2.53 bits per heavy atom. The molecule has 1 aromatic rings. The molecule has 0 radical (unpaired) electrons. The molecule has 1 N–H and O–H groups in total. The quantitative estimate of drug-likeness (QED) is 0.770. The zero-order valence-corrected chi connectivity index (χ0v) is 7.34. The number of benzene rings is 1. The minimum absolute atomic E-state index is 0.0677. The van der Waals surface area contributed by atoms with E-state index in [0.717, 1.165) is 6.07 Å². The molecular weight excluding hydrogens is 211 g/mol. The molecule has 0 spiro atoms. The summed E-state index contributed by atoms with van der Waals surface area (Å²) in [6, 6.07) is 5.19. The molecule has 3 nitrogen and oxygen atoms in total. The van der Waals surface area contributed by atoms with Gasteiger partial charge in [-0.15, -0.1) is 0 Å². The number of aldehydes is 1. The second kappa shape index (κ2) is 4.12. The van der Waals surface area contributed by atoms with Gasteiger partial charge in [0.1, 0.15) is 6.29 Å². The van der Waals surface area contributed by atoms with Crippen LogP contribution in [0.15, 0.2) is 24.3 Å². The second-order valence-electron chi connectivity index (χ2n) is 2.70. The van der Waals surface area contributed by atoms with Gasteiger partial charge in [0.2, 0.25) is 0 Å². The van der Waals surface area contributed by atoms with E-state index in [1.54, 1.807) is 5.32 Å². The Morgan fingerprint density at radius 2 is 2.00 bits per heavy atom. The number of halogens is 3. The number of hydrogen-bond acceptors (Lipinski definition) is 2. The lowest BCUT2D eigenvalue weighted by atomic mass is 10.2. The van der Waals surface area contributed by atoms with E-state index in [2.05, 4.69) is 0 Å². The first-order valence-electron chi connectivity index (χ1n) is 3.87. The maximum absolute atomic E-state index is 11.8. The number of nitrogens with one attached hydrogen (secondary N) is 1. The third-order valence-corrected chi connectivity index (χ3v) is 1.54. The van der Waals surface area contributed by atoms with Crippen molar-refractivity contribution in [2.24, 2.45) is 0 Å². The van der Waals surface area contributed by atoms with Crippen LogP contribution in [0.3, 0.4) is 0 Å². The molecule has 0 unspecified atom stereocenters. The zero-order valence-electron chi connectivity index (χ0n) is 7.34. The van der Waals surface area contributed by atoms with Crippen molar-refractivity contribution in [2.75, 3.05) is 5.32 Å². The molecule has 0 bridgehead atoms. The standard InChI is InChI=1S/C9H6F3NO2/c10-9(11,12)8(15)13-7-3-1-2-6(4-7)5-14/h1-5H,(H,13,15). The fourth-order valence-corrected chi connectivity index (χ4v) is 0.892. The summed E-state index contributed by atoms with van der Waals surface area (Å²) >= 11 is 0. The third-order valence-electron chi connectivity index (χ3n) is 1.54. The normalized spacial score (nSPS) is 10.9. The first-order chi connectivity index (χ1) is 6.93. The molecule has 0 fully saturated rings. The largest absolute Gasteiger partial charge is 0.471 e. The van der Waals surface area contributed by atoms with Crippen LogP contribution in [0.5, 0.6) is 0 Å². The number of amides is 1. The monoisotopic (exact) mass is 217 g/mol. The number of carbonyl (C=O) groups is 2. The summed E-state index contributed by atoms with van der Waals surface area (Å²) in [5.41, 5.74) is 0.122. The molecule has 0 saturated carbocycles. The van der Waals surface area contributed by atoms with Gasteiger partial charge in [0.05, 0.1) is 0 Å². The van der Waals surface area contributed by atoms with Gasteiger partial charge < -0.3 is 5.32 Å². The molecule has 0 aliphatic carbocycles. The van der Waals surface area contributed by atoms with Gasteiger partial charge in [-0.3, -0.25) is 9.59 Å². The summed E-state index contributed by atoms with van der Waals surface area (Å²) in [5.74, 6) is -2.06. The van der Waals surface area contributed by atoms with Crippen LogP contribution < -0.4 is 5.32 Å². The maximum Gasteiger partial charge on any atom is 0.471 e. The fourth-order valence-electron chi connectivity index (χ4n) is 0.892. The van der Waals surface area contributed by atoms with Crippen LogP contribution in [-0.2, 0) is 4.79 Å². The van der Waals surface area contributed by atoms with Crippen LogP contribution in [0.1, 0.15) is 10.4 Å². The van der Waals surface area contributed by atoms with E-state index >= 15 is 0 Å². The van der Waals surface area contributed by atoms with Crippen molar-refractivity contribution >= 4 is 17.9 Å². The van der Waals surface area contributed by atoms with Gasteiger partial charge in [0.15, 0.2) is 0 Å². The summed E-state index contributed by atoms with van der Waals surface area (Å²) in [7, 11) is 0. The molecule has 1 amide bonds. The van der Waals surface area contributed by atoms with Crippen molar-refractivity contribution in [3.63, 3.8) is 0 Å². The Bertz CT molecular complexity index is 387. The highest BCUT2D eigenvalue weighted by atomic mass is 19.4. The average Bonchev–Trinajstić information content (AvgIpc) is 2.16. The van der Waals surface area contributed by atoms with Gasteiger partial charge in [-0.25, -0.2) is 0 Å². The molecule has 0 saturated heterocycles. The molecule has 15 heavy (non-hydrogen) atoms. The molecule has 6 heteroatoms. The Kier molecular flexibility index (Phi) is 3.08. The molecule has 0 aromatic heterocycles. The van der Waals surface area contributed by atoms with E-state index in [0.29, 0.717) is 6.29 Å². The molecule has 0 heterocycles. The predicted molar refractivity (Wildman–Crippen MR) is 46.5 cm³/mol. The highest BCUT2D eigenvalue weighted by Crippen LogP contribution is 2.18. The van der Waals surface area contributed by atoms with E-state index in [-0.39, 0.29) is 11.3 Å². The number of carbonyl (C=O) groups excluding carboxylic acids is 2. The summed E-state index contributed by atoms with van der Waals surface area (Å²) in [5, 5.41) is 1.63. The lowest BCUT2D eigenvalue weighted by Gasteiger charge is -2.07. The Morgan fingerprint density at radius 1 is 1.33 bits per heavy atom. The van der Waals surface area contributed by atoms with Crippen molar-refractivity contribution in [1.29, 1.82) is 0 Å². The van der Waals surface area contributed by atoms with Crippen LogP contribution in [0, 0.1) is 0 Å². The first-order valence-corrected chi connectivity index (χ1v) is 3.87. The van der Waals surface area contributed by atoms with E-state index in [4.69, 9.17) is 0 Å². The number of rotatable bonds is 2. The summed E-state index contributed by atoms with van der Waals surface area (Å²) in [6.45, 7) is 0. The summed E-state index contributed by atoms with van der Waals surface area (Å²) in [6.07, 6.45) is -4.46. The first kappa shape index (κ1) is 11.2. The highest BCUT2D eigenvalue weighted by Gasteiger charge is 2.38. The van der Waals surface area contributed by atoms with Gasteiger partial charge >= 0.3 is 12.1 Å². The van der Waals surface area contributed by atoms with E-state index < -0.39 is 12.1 Å². The number of alkyl halides is 3. The van der Waals surface area contributed by atoms with Crippen molar-refractivity contribution < 1.29 is 22.8 Å². The molecular formula is C9H6F3NO2. The van der Waals surface area contributed by atoms with Crippen molar-refractivity contribution in [3.05, 3.63) is 29.8 Å². The van der Waals surface area contributed by atoms with Gasteiger partial charge in [-0.1, -0.05) is 12.1 Å². The maximum atomic E-state index is 11.8. The average molecular weight is 217 g/mol. The topological polar surface area (TPSA) is 46.2 Å². The van der Waals surface area contributed by atoms with Gasteiger partial charge in [-0.2, -0.15) is 13.2 Å².